The van der Waals surface area contributed by atoms with E-state index in [0.29, 0.717) is 11.1 Å². The highest BCUT2D eigenvalue weighted by atomic mass is 35.5. The average Bonchev–Trinajstić information content (AvgIpc) is 3.20. The second-order valence-electron chi connectivity index (χ2n) is 7.09. The molecule has 3 aliphatic carbocycles. The molecule has 4 heteroatoms. The summed E-state index contributed by atoms with van der Waals surface area (Å²) in [7, 11) is 0. The van der Waals surface area contributed by atoms with Crippen molar-refractivity contribution in [2.75, 3.05) is 0 Å². The number of hydrogen-bond donors (Lipinski definition) is 0. The maximum atomic E-state index is 12.3. The van der Waals surface area contributed by atoms with Crippen LogP contribution >= 0.6 is 11.6 Å². The molecule has 5 rings (SSSR count). The Kier molecular flexibility index (Phi) is 1.70. The van der Waals surface area contributed by atoms with Crippen LogP contribution in [0.25, 0.3) is 0 Å². The third-order valence-electron chi connectivity index (χ3n) is 6.33. The molecule has 2 saturated carbocycles. The number of epoxide rings is 1. The first-order valence-electron chi connectivity index (χ1n) is 7.33. The lowest BCUT2D eigenvalue weighted by Crippen LogP contribution is -2.51. The Labute approximate surface area is 117 Å². The van der Waals surface area contributed by atoms with Gasteiger partial charge >= 0.3 is 5.97 Å². The van der Waals surface area contributed by atoms with Gasteiger partial charge in [0.25, 0.3) is 0 Å². The molecule has 0 amide bonds. The molecule has 2 spiro atoms. The summed E-state index contributed by atoms with van der Waals surface area (Å²) in [5, 5.41) is 0.690. The van der Waals surface area contributed by atoms with Crippen LogP contribution < -0.4 is 0 Å². The van der Waals surface area contributed by atoms with E-state index in [1.807, 2.05) is 6.92 Å². The van der Waals surface area contributed by atoms with Crippen molar-refractivity contribution >= 4 is 17.6 Å². The van der Waals surface area contributed by atoms with Crippen LogP contribution in [0, 0.1) is 17.3 Å². The molecule has 0 radical (unpaired) electrons. The SMILES string of the molecule is C[C@]12OC(=O)[C@@H]3CCC[C@H]4O[C@@]4(C=C1Cl)C1(CC1)C32. The van der Waals surface area contributed by atoms with Crippen LogP contribution in [0.3, 0.4) is 0 Å². The summed E-state index contributed by atoms with van der Waals surface area (Å²) < 4.78 is 11.9. The van der Waals surface area contributed by atoms with Gasteiger partial charge in [-0.05, 0) is 45.1 Å². The summed E-state index contributed by atoms with van der Waals surface area (Å²) in [6.45, 7) is 2.00. The predicted molar refractivity (Wildman–Crippen MR) is 68.5 cm³/mol. The van der Waals surface area contributed by atoms with Gasteiger partial charge in [0.15, 0.2) is 0 Å². The topological polar surface area (TPSA) is 38.8 Å². The second kappa shape index (κ2) is 2.89. The highest BCUT2D eigenvalue weighted by Crippen LogP contribution is 2.77. The fourth-order valence-electron chi connectivity index (χ4n) is 5.38. The van der Waals surface area contributed by atoms with Crippen molar-refractivity contribution in [2.24, 2.45) is 17.3 Å². The molecule has 3 nitrogen and oxygen atoms in total. The fraction of sp³-hybridized carbons (Fsp3) is 0.800. The number of hydrogen-bond acceptors (Lipinski definition) is 3. The van der Waals surface area contributed by atoms with Crippen LogP contribution in [0.5, 0.6) is 0 Å². The largest absolute Gasteiger partial charge is 0.453 e. The Balaban J connectivity index is 1.77. The fourth-order valence-corrected chi connectivity index (χ4v) is 5.70. The Morgan fingerprint density at radius 2 is 2.16 bits per heavy atom. The van der Waals surface area contributed by atoms with E-state index in [9.17, 15) is 4.79 Å². The minimum atomic E-state index is -0.598. The van der Waals surface area contributed by atoms with Crippen LogP contribution in [-0.2, 0) is 14.3 Å². The van der Waals surface area contributed by atoms with Gasteiger partial charge in [-0.25, -0.2) is 0 Å². The molecule has 0 aromatic heterocycles. The van der Waals surface area contributed by atoms with Crippen molar-refractivity contribution in [3.63, 3.8) is 0 Å². The van der Waals surface area contributed by atoms with E-state index in [-0.39, 0.29) is 28.8 Å². The molecule has 0 aromatic rings. The molecular formula is C15H17ClO3. The van der Waals surface area contributed by atoms with Crippen LogP contribution in [-0.4, -0.2) is 23.3 Å². The summed E-state index contributed by atoms with van der Waals surface area (Å²) in [5.41, 5.74) is -0.637. The van der Waals surface area contributed by atoms with E-state index < -0.39 is 5.60 Å². The van der Waals surface area contributed by atoms with E-state index in [1.165, 1.54) is 0 Å². The molecular weight excluding hydrogens is 264 g/mol. The Morgan fingerprint density at radius 1 is 1.37 bits per heavy atom. The van der Waals surface area contributed by atoms with Gasteiger partial charge in [-0.1, -0.05) is 11.6 Å². The van der Waals surface area contributed by atoms with Gasteiger partial charge in [0.2, 0.25) is 0 Å². The molecule has 5 aliphatic rings. The maximum absolute atomic E-state index is 12.3. The van der Waals surface area contributed by atoms with Crippen molar-refractivity contribution in [3.05, 3.63) is 11.1 Å². The van der Waals surface area contributed by atoms with Crippen molar-refractivity contribution in [3.8, 4) is 0 Å². The normalized spacial score (nSPS) is 55.8. The number of halogens is 1. The molecule has 19 heavy (non-hydrogen) atoms. The zero-order valence-corrected chi connectivity index (χ0v) is 11.7. The number of carbonyl (C=O) groups excluding carboxylic acids is 1. The van der Waals surface area contributed by atoms with Gasteiger partial charge in [0.05, 0.1) is 17.1 Å². The van der Waals surface area contributed by atoms with E-state index in [0.717, 1.165) is 32.1 Å². The Bertz CT molecular complexity index is 538. The highest BCUT2D eigenvalue weighted by Gasteiger charge is 2.82. The van der Waals surface area contributed by atoms with Gasteiger partial charge in [-0.15, -0.1) is 0 Å². The average molecular weight is 281 g/mol. The first-order chi connectivity index (χ1) is 9.04. The third kappa shape index (κ3) is 1.00. The second-order valence-corrected chi connectivity index (χ2v) is 7.50. The standard InChI is InChI=1S/C15H17ClO3/c1-13-9(16)7-15-10(18-15)4-2-3-8(12(17)19-13)11(13)14(15)5-6-14/h7-8,10-11H,2-6H2,1H3/t8-,10-,11?,13+,15-/m1/s1. The first kappa shape index (κ1) is 11.2. The number of carbonyl (C=O) groups is 1. The lowest BCUT2D eigenvalue weighted by atomic mass is 9.59. The molecule has 0 aromatic carbocycles. The van der Waals surface area contributed by atoms with Crippen LogP contribution in [0.1, 0.15) is 39.0 Å². The van der Waals surface area contributed by atoms with Crippen molar-refractivity contribution in [1.29, 1.82) is 0 Å². The molecule has 4 fully saturated rings. The molecule has 5 atom stereocenters. The molecule has 0 N–H and O–H groups in total. The Hall–Kier alpha value is -0.540. The molecule has 2 saturated heterocycles. The van der Waals surface area contributed by atoms with Crippen molar-refractivity contribution < 1.29 is 14.3 Å². The van der Waals surface area contributed by atoms with Gasteiger partial charge in [-0.2, -0.15) is 0 Å². The summed E-state index contributed by atoms with van der Waals surface area (Å²) >= 11 is 6.52. The summed E-state index contributed by atoms with van der Waals surface area (Å²) in [4.78, 5) is 12.3. The summed E-state index contributed by atoms with van der Waals surface area (Å²) in [6, 6.07) is 0. The number of esters is 1. The molecule has 102 valence electrons. The zero-order valence-electron chi connectivity index (χ0n) is 10.9. The predicted octanol–water partition coefficient (Wildman–Crippen LogP) is 2.77. The zero-order chi connectivity index (χ0) is 13.0. The number of rotatable bonds is 0. The van der Waals surface area contributed by atoms with Crippen molar-refractivity contribution in [2.45, 2.75) is 56.3 Å². The first-order valence-corrected chi connectivity index (χ1v) is 7.71. The smallest absolute Gasteiger partial charge is 0.310 e. The lowest BCUT2D eigenvalue weighted by Gasteiger charge is -2.44. The highest BCUT2D eigenvalue weighted by molar-refractivity contribution is 6.31. The Morgan fingerprint density at radius 3 is 2.89 bits per heavy atom. The minimum absolute atomic E-state index is 0.0250. The van der Waals surface area contributed by atoms with Crippen LogP contribution in [0.2, 0.25) is 0 Å². The molecule has 1 unspecified atom stereocenters. The quantitative estimate of drug-likeness (QED) is 0.506. The van der Waals surface area contributed by atoms with Crippen LogP contribution in [0.4, 0.5) is 0 Å². The third-order valence-corrected chi connectivity index (χ3v) is 6.81. The van der Waals surface area contributed by atoms with Gasteiger partial charge in [0.1, 0.15) is 11.2 Å². The van der Waals surface area contributed by atoms with E-state index in [1.54, 1.807) is 0 Å². The van der Waals surface area contributed by atoms with E-state index in [4.69, 9.17) is 21.1 Å². The molecule has 2 aliphatic heterocycles. The van der Waals surface area contributed by atoms with Gasteiger partial charge < -0.3 is 9.47 Å². The summed E-state index contributed by atoms with van der Waals surface area (Å²) in [5.74, 6) is 0.203. The molecule has 2 heterocycles. The number of ether oxygens (including phenoxy) is 2. The van der Waals surface area contributed by atoms with E-state index >= 15 is 0 Å². The lowest BCUT2D eigenvalue weighted by molar-refractivity contribution is -0.147. The van der Waals surface area contributed by atoms with Crippen LogP contribution in [0.15, 0.2) is 11.1 Å². The minimum Gasteiger partial charge on any atom is -0.453 e. The summed E-state index contributed by atoms with van der Waals surface area (Å²) in [6.07, 6.45) is 7.75. The van der Waals surface area contributed by atoms with Gasteiger partial charge in [-0.3, -0.25) is 4.79 Å². The van der Waals surface area contributed by atoms with E-state index in [2.05, 4.69) is 6.08 Å². The van der Waals surface area contributed by atoms with Crippen molar-refractivity contribution in [1.82, 2.24) is 0 Å². The monoisotopic (exact) mass is 280 g/mol. The maximum Gasteiger partial charge on any atom is 0.310 e. The van der Waals surface area contributed by atoms with Gasteiger partial charge in [0, 0.05) is 11.3 Å². The molecule has 2 bridgehead atoms.